The van der Waals surface area contributed by atoms with Crippen LogP contribution in [0.25, 0.3) is 0 Å². The van der Waals surface area contributed by atoms with Gasteiger partial charge in [0.15, 0.2) is 11.5 Å². The predicted molar refractivity (Wildman–Crippen MR) is 113 cm³/mol. The number of carbonyl (C=O) groups is 2. The van der Waals surface area contributed by atoms with Crippen LogP contribution in [0.5, 0.6) is 11.5 Å². The molecule has 29 heavy (non-hydrogen) atoms. The normalized spacial score (nSPS) is 13.2. The molecule has 0 unspecified atom stereocenters. The molecule has 0 atom stereocenters. The smallest absolute Gasteiger partial charge is 0.255 e. The molecule has 2 aromatic carbocycles. The van der Waals surface area contributed by atoms with Gasteiger partial charge in [-0.25, -0.2) is 0 Å². The monoisotopic (exact) mass is 397 g/mol. The van der Waals surface area contributed by atoms with Gasteiger partial charge < -0.3 is 25.4 Å². The first kappa shape index (κ1) is 20.5. The quantitative estimate of drug-likeness (QED) is 0.712. The Morgan fingerprint density at radius 1 is 0.966 bits per heavy atom. The van der Waals surface area contributed by atoms with Gasteiger partial charge in [-0.1, -0.05) is 0 Å². The van der Waals surface area contributed by atoms with Crippen molar-refractivity contribution in [3.8, 4) is 11.5 Å². The molecule has 1 fully saturated rings. The molecule has 0 spiro atoms. The van der Waals surface area contributed by atoms with Crippen molar-refractivity contribution in [3.05, 3.63) is 47.5 Å². The van der Waals surface area contributed by atoms with Crippen molar-refractivity contribution in [3.63, 3.8) is 0 Å². The molecule has 0 aromatic heterocycles. The molecule has 7 nitrogen and oxygen atoms in total. The first-order valence-corrected chi connectivity index (χ1v) is 9.93. The van der Waals surface area contributed by atoms with E-state index >= 15 is 0 Å². The lowest BCUT2D eigenvalue weighted by atomic mass is 10.1. The van der Waals surface area contributed by atoms with E-state index in [2.05, 4.69) is 10.2 Å². The summed E-state index contributed by atoms with van der Waals surface area (Å²) in [7, 11) is 0. The Morgan fingerprint density at radius 3 is 2.28 bits per heavy atom. The number of hydrogen-bond donors (Lipinski definition) is 2. The van der Waals surface area contributed by atoms with E-state index in [1.807, 2.05) is 19.9 Å². The van der Waals surface area contributed by atoms with Crippen LogP contribution >= 0.6 is 0 Å². The van der Waals surface area contributed by atoms with Crippen LogP contribution in [0.15, 0.2) is 36.4 Å². The molecule has 2 amide bonds. The second kappa shape index (κ2) is 9.32. The highest BCUT2D eigenvalue weighted by Crippen LogP contribution is 2.32. The number of anilines is 2. The number of amides is 2. The van der Waals surface area contributed by atoms with Crippen LogP contribution in [0.1, 0.15) is 47.4 Å². The summed E-state index contributed by atoms with van der Waals surface area (Å²) in [6.45, 7) is 6.56. The van der Waals surface area contributed by atoms with Gasteiger partial charge in [0.2, 0.25) is 5.91 Å². The number of nitrogens with zero attached hydrogens (tertiary/aromatic N) is 1. The summed E-state index contributed by atoms with van der Waals surface area (Å²) in [5.41, 5.74) is 7.68. The minimum atomic E-state index is -0.534. The van der Waals surface area contributed by atoms with Gasteiger partial charge in [-0.2, -0.15) is 0 Å². The molecule has 0 saturated carbocycles. The van der Waals surface area contributed by atoms with Gasteiger partial charge in [-0.05, 0) is 63.1 Å². The largest absolute Gasteiger partial charge is 0.490 e. The Morgan fingerprint density at radius 2 is 1.62 bits per heavy atom. The second-order valence-corrected chi connectivity index (χ2v) is 6.77. The number of primary amides is 1. The molecule has 1 aliphatic heterocycles. The average molecular weight is 397 g/mol. The highest BCUT2D eigenvalue weighted by atomic mass is 16.5. The molecular weight excluding hydrogens is 370 g/mol. The first-order valence-electron chi connectivity index (χ1n) is 9.93. The molecule has 1 aliphatic rings. The van der Waals surface area contributed by atoms with Gasteiger partial charge in [-0.15, -0.1) is 0 Å². The number of carbonyl (C=O) groups excluding carboxylic acids is 2. The number of benzene rings is 2. The summed E-state index contributed by atoms with van der Waals surface area (Å²) in [6.07, 6.45) is 2.20. The van der Waals surface area contributed by atoms with E-state index in [1.165, 1.54) is 0 Å². The average Bonchev–Trinajstić information content (AvgIpc) is 3.24. The molecule has 7 heteroatoms. The van der Waals surface area contributed by atoms with E-state index in [1.54, 1.807) is 30.3 Å². The van der Waals surface area contributed by atoms with Gasteiger partial charge in [0.1, 0.15) is 0 Å². The van der Waals surface area contributed by atoms with Crippen molar-refractivity contribution < 1.29 is 19.1 Å². The minimum absolute atomic E-state index is 0.295. The Balaban J connectivity index is 1.90. The lowest BCUT2D eigenvalue weighted by molar-refractivity contribution is 0.0996. The van der Waals surface area contributed by atoms with E-state index in [0.29, 0.717) is 41.5 Å². The third-order valence-corrected chi connectivity index (χ3v) is 4.78. The highest BCUT2D eigenvalue weighted by Gasteiger charge is 2.19. The molecule has 0 radical (unpaired) electrons. The van der Waals surface area contributed by atoms with Gasteiger partial charge in [0.25, 0.3) is 5.91 Å². The third kappa shape index (κ3) is 4.80. The lowest BCUT2D eigenvalue weighted by Gasteiger charge is -2.22. The number of ether oxygens (including phenoxy) is 2. The van der Waals surface area contributed by atoms with Crippen LogP contribution in [-0.2, 0) is 0 Å². The summed E-state index contributed by atoms with van der Waals surface area (Å²) in [5.74, 6) is 0.288. The number of rotatable bonds is 8. The zero-order chi connectivity index (χ0) is 20.8. The van der Waals surface area contributed by atoms with E-state index in [4.69, 9.17) is 15.2 Å². The van der Waals surface area contributed by atoms with Gasteiger partial charge >= 0.3 is 0 Å². The summed E-state index contributed by atoms with van der Waals surface area (Å²) in [4.78, 5) is 26.8. The zero-order valence-electron chi connectivity index (χ0n) is 16.9. The Kier molecular flexibility index (Phi) is 6.59. The first-order chi connectivity index (χ1) is 14.0. The number of nitrogens with one attached hydrogen (secondary N) is 1. The standard InChI is InChI=1S/C22H27N3O4/c1-3-28-19-10-8-16(14-20(19)29-4-2)22(27)24-17-13-15(21(23)26)7-9-18(17)25-11-5-6-12-25/h7-10,13-14H,3-6,11-12H2,1-2H3,(H2,23,26)(H,24,27). The summed E-state index contributed by atoms with van der Waals surface area (Å²) < 4.78 is 11.2. The summed E-state index contributed by atoms with van der Waals surface area (Å²) >= 11 is 0. The Bertz CT molecular complexity index is 892. The zero-order valence-corrected chi connectivity index (χ0v) is 16.9. The minimum Gasteiger partial charge on any atom is -0.490 e. The maximum Gasteiger partial charge on any atom is 0.255 e. The van der Waals surface area contributed by atoms with Crippen LogP contribution in [-0.4, -0.2) is 38.1 Å². The predicted octanol–water partition coefficient (Wildman–Crippen LogP) is 3.44. The van der Waals surface area contributed by atoms with Crippen molar-refractivity contribution >= 4 is 23.2 Å². The van der Waals surface area contributed by atoms with Crippen LogP contribution in [0.3, 0.4) is 0 Å². The highest BCUT2D eigenvalue weighted by molar-refractivity contribution is 6.07. The summed E-state index contributed by atoms with van der Waals surface area (Å²) in [5, 5.41) is 2.94. The van der Waals surface area contributed by atoms with E-state index in [0.717, 1.165) is 31.6 Å². The lowest BCUT2D eigenvalue weighted by Crippen LogP contribution is -2.22. The maximum atomic E-state index is 12.9. The molecule has 1 saturated heterocycles. The van der Waals surface area contributed by atoms with Crippen LogP contribution < -0.4 is 25.4 Å². The third-order valence-electron chi connectivity index (χ3n) is 4.78. The number of nitrogens with two attached hydrogens (primary N) is 1. The van der Waals surface area contributed by atoms with E-state index < -0.39 is 5.91 Å². The SMILES string of the molecule is CCOc1ccc(C(=O)Nc2cc(C(N)=O)ccc2N2CCCC2)cc1OCC. The summed E-state index contributed by atoms with van der Waals surface area (Å²) in [6, 6.07) is 10.2. The van der Waals surface area contributed by atoms with Crippen LogP contribution in [0, 0.1) is 0 Å². The van der Waals surface area contributed by atoms with Gasteiger partial charge in [-0.3, -0.25) is 9.59 Å². The molecule has 154 valence electrons. The van der Waals surface area contributed by atoms with Crippen molar-refractivity contribution in [2.45, 2.75) is 26.7 Å². The van der Waals surface area contributed by atoms with E-state index in [9.17, 15) is 9.59 Å². The topological polar surface area (TPSA) is 93.9 Å². The van der Waals surface area contributed by atoms with Crippen LogP contribution in [0.4, 0.5) is 11.4 Å². The van der Waals surface area contributed by atoms with Crippen molar-refractivity contribution in [2.75, 3.05) is 36.5 Å². The fourth-order valence-corrected chi connectivity index (χ4v) is 3.41. The fraction of sp³-hybridized carbons (Fsp3) is 0.364. The second-order valence-electron chi connectivity index (χ2n) is 6.77. The molecule has 2 aromatic rings. The van der Waals surface area contributed by atoms with E-state index in [-0.39, 0.29) is 5.91 Å². The van der Waals surface area contributed by atoms with Crippen LogP contribution in [0.2, 0.25) is 0 Å². The Hall–Kier alpha value is -3.22. The van der Waals surface area contributed by atoms with Gasteiger partial charge in [0, 0.05) is 24.2 Å². The Labute approximate surface area is 170 Å². The van der Waals surface area contributed by atoms with Crippen molar-refractivity contribution in [2.24, 2.45) is 5.73 Å². The molecule has 3 rings (SSSR count). The molecule has 3 N–H and O–H groups in total. The fourth-order valence-electron chi connectivity index (χ4n) is 3.41. The molecular formula is C22H27N3O4. The molecule has 0 aliphatic carbocycles. The molecule has 0 bridgehead atoms. The molecule has 1 heterocycles. The van der Waals surface area contributed by atoms with Gasteiger partial charge in [0.05, 0.1) is 24.6 Å². The van der Waals surface area contributed by atoms with Crippen molar-refractivity contribution in [1.82, 2.24) is 0 Å². The maximum absolute atomic E-state index is 12.9. The van der Waals surface area contributed by atoms with Crippen molar-refractivity contribution in [1.29, 1.82) is 0 Å². The number of hydrogen-bond acceptors (Lipinski definition) is 5.